The zero-order valence-corrected chi connectivity index (χ0v) is 14.7. The standard InChI is InChI=1S/C20H29NO3/c1-19-7-8-20(2)16(5-6-18(20)23)17(19)9-12(11-24-21)14-10-13(22)3-4-15(14)19/h3-4,10,12,16-18,22-23H,5-9,11,21H2,1-2H3/t12-,16?,17?,18?,19+,20?/m0/s1. The van der Waals surface area contributed by atoms with Crippen molar-refractivity contribution in [1.29, 1.82) is 0 Å². The Balaban J connectivity index is 1.81. The van der Waals surface area contributed by atoms with Crippen LogP contribution in [-0.4, -0.2) is 22.9 Å². The van der Waals surface area contributed by atoms with Gasteiger partial charge in [0.1, 0.15) is 5.75 Å². The van der Waals surface area contributed by atoms with Crippen LogP contribution >= 0.6 is 0 Å². The van der Waals surface area contributed by atoms with E-state index in [9.17, 15) is 10.2 Å². The van der Waals surface area contributed by atoms with E-state index in [-0.39, 0.29) is 22.9 Å². The van der Waals surface area contributed by atoms with Crippen molar-refractivity contribution >= 4 is 0 Å². The molecular formula is C20H29NO3. The first-order chi connectivity index (χ1) is 11.4. The highest BCUT2D eigenvalue weighted by Crippen LogP contribution is 2.64. The number of aliphatic hydroxyl groups excluding tert-OH is 1. The van der Waals surface area contributed by atoms with E-state index in [1.165, 1.54) is 11.1 Å². The van der Waals surface area contributed by atoms with Gasteiger partial charge in [-0.2, -0.15) is 0 Å². The van der Waals surface area contributed by atoms with Crippen LogP contribution < -0.4 is 5.90 Å². The van der Waals surface area contributed by atoms with Crippen molar-refractivity contribution in [3.05, 3.63) is 29.3 Å². The van der Waals surface area contributed by atoms with Gasteiger partial charge in [-0.3, -0.25) is 0 Å². The lowest BCUT2D eigenvalue weighted by atomic mass is 9.48. The van der Waals surface area contributed by atoms with Crippen molar-refractivity contribution in [2.75, 3.05) is 6.61 Å². The van der Waals surface area contributed by atoms with Gasteiger partial charge in [-0.15, -0.1) is 0 Å². The van der Waals surface area contributed by atoms with E-state index in [0.717, 1.165) is 32.1 Å². The summed E-state index contributed by atoms with van der Waals surface area (Å²) in [6, 6.07) is 5.82. The fraction of sp³-hybridized carbons (Fsp3) is 0.700. The van der Waals surface area contributed by atoms with E-state index >= 15 is 0 Å². The number of rotatable bonds is 2. The third kappa shape index (κ3) is 2.09. The van der Waals surface area contributed by atoms with Crippen molar-refractivity contribution in [1.82, 2.24) is 0 Å². The van der Waals surface area contributed by atoms with Crippen molar-refractivity contribution in [3.8, 4) is 5.75 Å². The zero-order valence-electron chi connectivity index (χ0n) is 14.7. The molecule has 24 heavy (non-hydrogen) atoms. The molecule has 1 aromatic carbocycles. The molecule has 0 aromatic heterocycles. The number of nitrogens with two attached hydrogens (primary N) is 1. The molecule has 0 spiro atoms. The maximum atomic E-state index is 10.6. The zero-order chi connectivity index (χ0) is 17.1. The normalized spacial score (nSPS) is 43.8. The van der Waals surface area contributed by atoms with Crippen LogP contribution in [0.4, 0.5) is 0 Å². The molecule has 0 amide bonds. The van der Waals surface area contributed by atoms with E-state index in [2.05, 4.69) is 19.9 Å². The van der Waals surface area contributed by atoms with E-state index in [1.807, 2.05) is 12.1 Å². The lowest BCUT2D eigenvalue weighted by molar-refractivity contribution is -0.0525. The summed E-state index contributed by atoms with van der Waals surface area (Å²) in [5.41, 5.74) is 2.71. The first-order valence-electron chi connectivity index (χ1n) is 9.23. The third-order valence-corrected chi connectivity index (χ3v) is 7.77. The number of aliphatic hydroxyl groups is 1. The van der Waals surface area contributed by atoms with Gasteiger partial charge in [-0.1, -0.05) is 19.9 Å². The Morgan fingerprint density at radius 2 is 2.00 bits per heavy atom. The minimum atomic E-state index is -0.169. The molecular weight excluding hydrogens is 302 g/mol. The molecule has 3 aliphatic carbocycles. The van der Waals surface area contributed by atoms with Crippen LogP contribution in [0.25, 0.3) is 0 Å². The van der Waals surface area contributed by atoms with Crippen LogP contribution in [0.2, 0.25) is 0 Å². The largest absolute Gasteiger partial charge is 0.508 e. The van der Waals surface area contributed by atoms with Gasteiger partial charge in [-0.25, -0.2) is 5.90 Å². The molecule has 6 atom stereocenters. The predicted molar refractivity (Wildman–Crippen MR) is 92.5 cm³/mol. The van der Waals surface area contributed by atoms with Gasteiger partial charge in [-0.05, 0) is 78.0 Å². The van der Waals surface area contributed by atoms with Crippen molar-refractivity contribution < 1.29 is 15.1 Å². The molecule has 0 bridgehead atoms. The van der Waals surface area contributed by atoms with Gasteiger partial charge in [0.25, 0.3) is 0 Å². The molecule has 0 saturated heterocycles. The Kier molecular flexibility index (Phi) is 3.72. The van der Waals surface area contributed by atoms with Gasteiger partial charge in [0.2, 0.25) is 0 Å². The topological polar surface area (TPSA) is 75.7 Å². The first-order valence-corrected chi connectivity index (χ1v) is 9.23. The second-order valence-corrected chi connectivity index (χ2v) is 8.77. The van der Waals surface area contributed by atoms with E-state index < -0.39 is 0 Å². The number of phenols is 1. The Labute approximate surface area is 144 Å². The van der Waals surface area contributed by atoms with Gasteiger partial charge in [0.05, 0.1) is 12.7 Å². The van der Waals surface area contributed by atoms with Crippen LogP contribution in [0.3, 0.4) is 0 Å². The molecule has 3 aliphatic rings. The highest BCUT2D eigenvalue weighted by atomic mass is 16.6. The number of hydrogen-bond donors (Lipinski definition) is 3. The summed E-state index contributed by atoms with van der Waals surface area (Å²) in [7, 11) is 0. The fourth-order valence-electron chi connectivity index (χ4n) is 6.29. The molecule has 4 heteroatoms. The van der Waals surface area contributed by atoms with Crippen LogP contribution in [0.5, 0.6) is 5.75 Å². The molecule has 1 aromatic rings. The lowest BCUT2D eigenvalue weighted by Crippen LogP contribution is -2.52. The molecule has 4 unspecified atom stereocenters. The van der Waals surface area contributed by atoms with Crippen molar-refractivity contribution in [3.63, 3.8) is 0 Å². The molecule has 4 N–H and O–H groups in total. The van der Waals surface area contributed by atoms with Crippen molar-refractivity contribution in [2.24, 2.45) is 23.1 Å². The maximum Gasteiger partial charge on any atom is 0.115 e. The second-order valence-electron chi connectivity index (χ2n) is 8.77. The first kappa shape index (κ1) is 16.4. The SMILES string of the molecule is CC12CC[C@]3(C)c4ccc(O)cc4[C@H](CON)CC3C1CCC2O. The van der Waals surface area contributed by atoms with E-state index in [4.69, 9.17) is 10.7 Å². The summed E-state index contributed by atoms with van der Waals surface area (Å²) in [6.45, 7) is 5.15. The maximum absolute atomic E-state index is 10.6. The van der Waals surface area contributed by atoms with Gasteiger partial charge in [0, 0.05) is 5.92 Å². The molecule has 0 radical (unpaired) electrons. The smallest absolute Gasteiger partial charge is 0.115 e. The second kappa shape index (κ2) is 5.45. The lowest BCUT2D eigenvalue weighted by Gasteiger charge is -2.57. The van der Waals surface area contributed by atoms with Gasteiger partial charge in [0.15, 0.2) is 0 Å². The molecule has 0 heterocycles. The number of fused-ring (bicyclic) bond motifs is 5. The predicted octanol–water partition coefficient (Wildman–Crippen LogP) is 3.21. The molecule has 2 saturated carbocycles. The van der Waals surface area contributed by atoms with Gasteiger partial charge < -0.3 is 15.1 Å². The summed E-state index contributed by atoms with van der Waals surface area (Å²) < 4.78 is 0. The average Bonchev–Trinajstić information content (AvgIpc) is 2.85. The average molecular weight is 331 g/mol. The Hall–Kier alpha value is -1.10. The summed E-state index contributed by atoms with van der Waals surface area (Å²) >= 11 is 0. The molecule has 4 nitrogen and oxygen atoms in total. The van der Waals surface area contributed by atoms with Crippen LogP contribution in [-0.2, 0) is 10.3 Å². The minimum absolute atomic E-state index is 0.0483. The van der Waals surface area contributed by atoms with Crippen LogP contribution in [0.1, 0.15) is 63.0 Å². The highest BCUT2D eigenvalue weighted by Gasteiger charge is 2.59. The Bertz CT molecular complexity index is 648. The number of aromatic hydroxyl groups is 1. The summed E-state index contributed by atoms with van der Waals surface area (Å²) in [5.74, 6) is 7.02. The summed E-state index contributed by atoms with van der Waals surface area (Å²) in [6.07, 6.45) is 5.06. The van der Waals surface area contributed by atoms with Crippen LogP contribution in [0, 0.1) is 17.3 Å². The summed E-state index contributed by atoms with van der Waals surface area (Å²) in [5, 5.41) is 20.6. The number of phenolic OH excluding ortho intramolecular Hbond substituents is 1. The van der Waals surface area contributed by atoms with Crippen molar-refractivity contribution in [2.45, 2.75) is 63.4 Å². The molecule has 0 aliphatic heterocycles. The monoisotopic (exact) mass is 331 g/mol. The Morgan fingerprint density at radius 1 is 1.21 bits per heavy atom. The Morgan fingerprint density at radius 3 is 2.75 bits per heavy atom. The molecule has 4 rings (SSSR count). The number of benzene rings is 1. The van der Waals surface area contributed by atoms with Gasteiger partial charge >= 0.3 is 0 Å². The molecule has 2 fully saturated rings. The third-order valence-electron chi connectivity index (χ3n) is 7.77. The van der Waals surface area contributed by atoms with E-state index in [0.29, 0.717) is 24.2 Å². The molecule has 132 valence electrons. The number of hydrogen-bond acceptors (Lipinski definition) is 4. The fourth-order valence-corrected chi connectivity index (χ4v) is 6.29. The highest BCUT2D eigenvalue weighted by molar-refractivity contribution is 5.45. The quantitative estimate of drug-likeness (QED) is 0.727. The van der Waals surface area contributed by atoms with E-state index in [1.54, 1.807) is 0 Å². The summed E-state index contributed by atoms with van der Waals surface area (Å²) in [4.78, 5) is 5.02. The minimum Gasteiger partial charge on any atom is -0.508 e. The van der Waals surface area contributed by atoms with Crippen LogP contribution in [0.15, 0.2) is 18.2 Å².